The second-order valence-electron chi connectivity index (χ2n) is 6.30. The zero-order valence-corrected chi connectivity index (χ0v) is 14.2. The fraction of sp³-hybridized carbons (Fsp3) is 0.316. The molecule has 130 valence electrons. The summed E-state index contributed by atoms with van der Waals surface area (Å²) >= 11 is 0. The van der Waals surface area contributed by atoms with E-state index >= 15 is 0 Å². The van der Waals surface area contributed by atoms with Gasteiger partial charge in [-0.3, -0.25) is 0 Å². The van der Waals surface area contributed by atoms with Gasteiger partial charge in [0.2, 0.25) is 6.79 Å². The summed E-state index contributed by atoms with van der Waals surface area (Å²) < 4.78 is 18.2. The van der Waals surface area contributed by atoms with E-state index in [0.29, 0.717) is 23.8 Å². The second kappa shape index (κ2) is 6.29. The first kappa shape index (κ1) is 15.8. The van der Waals surface area contributed by atoms with Gasteiger partial charge < -0.3 is 23.9 Å². The lowest BCUT2D eigenvalue weighted by Crippen LogP contribution is -2.23. The van der Waals surface area contributed by atoms with Gasteiger partial charge in [0.05, 0.1) is 23.9 Å². The van der Waals surface area contributed by atoms with Crippen LogP contribution in [-0.2, 0) is 6.54 Å². The maximum Gasteiger partial charge on any atom is 0.231 e. The van der Waals surface area contributed by atoms with Crippen molar-refractivity contribution in [1.29, 1.82) is 0 Å². The Morgan fingerprint density at radius 1 is 1.16 bits per heavy atom. The van der Waals surface area contributed by atoms with Crippen molar-refractivity contribution in [3.63, 3.8) is 0 Å². The van der Waals surface area contributed by atoms with Crippen LogP contribution >= 0.6 is 0 Å². The van der Waals surface area contributed by atoms with E-state index in [4.69, 9.17) is 14.2 Å². The lowest BCUT2D eigenvalue weighted by molar-refractivity contribution is 0.0933. The van der Waals surface area contributed by atoms with Crippen LogP contribution in [0.3, 0.4) is 0 Å². The Morgan fingerprint density at radius 2 is 1.96 bits per heavy atom. The predicted octanol–water partition coefficient (Wildman–Crippen LogP) is 2.82. The highest BCUT2D eigenvalue weighted by atomic mass is 16.7. The Morgan fingerprint density at radius 3 is 2.84 bits per heavy atom. The van der Waals surface area contributed by atoms with Crippen LogP contribution < -0.4 is 14.2 Å². The molecule has 1 atom stereocenters. The van der Waals surface area contributed by atoms with Gasteiger partial charge in [-0.1, -0.05) is 0 Å². The average Bonchev–Trinajstić information content (AvgIpc) is 3.20. The summed E-state index contributed by atoms with van der Waals surface area (Å²) in [6.07, 6.45) is 1.11. The molecule has 0 radical (unpaired) electrons. The van der Waals surface area contributed by atoms with Crippen molar-refractivity contribution in [3.05, 3.63) is 47.8 Å². The first-order valence-corrected chi connectivity index (χ1v) is 8.23. The van der Waals surface area contributed by atoms with Gasteiger partial charge in [-0.15, -0.1) is 0 Å². The van der Waals surface area contributed by atoms with E-state index in [2.05, 4.69) is 31.0 Å². The Balaban J connectivity index is 1.42. The monoisotopic (exact) mass is 340 g/mol. The smallest absolute Gasteiger partial charge is 0.231 e. The molecule has 0 bridgehead atoms. The SMILES string of the molecule is Cc1cc2ncn(C[C@@H](O)COc3ccc4c(c3)OCO4)c2cc1C. The van der Waals surface area contributed by atoms with Gasteiger partial charge in [0, 0.05) is 6.07 Å². The third kappa shape index (κ3) is 3.13. The van der Waals surface area contributed by atoms with Crippen LogP contribution in [0.4, 0.5) is 0 Å². The summed E-state index contributed by atoms with van der Waals surface area (Å²) in [7, 11) is 0. The number of aliphatic hydroxyl groups excluding tert-OH is 1. The lowest BCUT2D eigenvalue weighted by Gasteiger charge is -2.14. The molecule has 0 amide bonds. The summed E-state index contributed by atoms with van der Waals surface area (Å²) in [6.45, 7) is 4.98. The average molecular weight is 340 g/mol. The number of rotatable bonds is 5. The molecule has 2 aromatic carbocycles. The van der Waals surface area contributed by atoms with Crippen molar-refractivity contribution in [1.82, 2.24) is 9.55 Å². The molecular formula is C19H20N2O4. The molecule has 6 heteroatoms. The van der Waals surface area contributed by atoms with Crippen molar-refractivity contribution in [2.75, 3.05) is 13.4 Å². The number of ether oxygens (including phenoxy) is 3. The summed E-state index contributed by atoms with van der Waals surface area (Å²) in [6, 6.07) is 9.55. The molecular weight excluding hydrogens is 320 g/mol. The maximum atomic E-state index is 10.3. The van der Waals surface area contributed by atoms with Crippen LogP contribution in [0.25, 0.3) is 11.0 Å². The van der Waals surface area contributed by atoms with Crippen molar-refractivity contribution >= 4 is 11.0 Å². The van der Waals surface area contributed by atoms with E-state index in [1.807, 2.05) is 4.57 Å². The van der Waals surface area contributed by atoms with Gasteiger partial charge in [0.15, 0.2) is 11.5 Å². The third-order valence-electron chi connectivity index (χ3n) is 4.43. The molecule has 1 aromatic heterocycles. The van der Waals surface area contributed by atoms with Crippen LogP contribution in [0.5, 0.6) is 17.2 Å². The van der Waals surface area contributed by atoms with Gasteiger partial charge in [-0.2, -0.15) is 0 Å². The molecule has 3 aromatic rings. The van der Waals surface area contributed by atoms with E-state index < -0.39 is 6.10 Å². The van der Waals surface area contributed by atoms with E-state index in [9.17, 15) is 5.11 Å². The zero-order valence-electron chi connectivity index (χ0n) is 14.2. The number of nitrogens with zero attached hydrogens (tertiary/aromatic N) is 2. The van der Waals surface area contributed by atoms with Crippen molar-refractivity contribution in [3.8, 4) is 17.2 Å². The molecule has 0 unspecified atom stereocenters. The zero-order chi connectivity index (χ0) is 17.4. The van der Waals surface area contributed by atoms with Crippen molar-refractivity contribution < 1.29 is 19.3 Å². The van der Waals surface area contributed by atoms with Gasteiger partial charge in [-0.05, 0) is 49.2 Å². The van der Waals surface area contributed by atoms with Crippen molar-refractivity contribution in [2.24, 2.45) is 0 Å². The Bertz CT molecular complexity index is 919. The molecule has 0 spiro atoms. The lowest BCUT2D eigenvalue weighted by atomic mass is 10.1. The number of imidazole rings is 1. The summed E-state index contributed by atoms with van der Waals surface area (Å²) in [5, 5.41) is 10.3. The highest BCUT2D eigenvalue weighted by Gasteiger charge is 2.15. The quantitative estimate of drug-likeness (QED) is 0.774. The number of fused-ring (bicyclic) bond motifs is 2. The highest BCUT2D eigenvalue weighted by molar-refractivity contribution is 5.77. The van der Waals surface area contributed by atoms with Gasteiger partial charge in [-0.25, -0.2) is 4.98 Å². The number of aliphatic hydroxyl groups is 1. The molecule has 0 aliphatic carbocycles. The van der Waals surface area contributed by atoms with Gasteiger partial charge >= 0.3 is 0 Å². The fourth-order valence-corrected chi connectivity index (χ4v) is 2.90. The summed E-state index contributed by atoms with van der Waals surface area (Å²) in [5.74, 6) is 2.02. The minimum Gasteiger partial charge on any atom is -0.491 e. The number of hydrogen-bond donors (Lipinski definition) is 1. The Kier molecular flexibility index (Phi) is 3.97. The number of aromatic nitrogens is 2. The van der Waals surface area contributed by atoms with E-state index in [0.717, 1.165) is 11.0 Å². The largest absolute Gasteiger partial charge is 0.491 e. The molecule has 25 heavy (non-hydrogen) atoms. The number of aryl methyl sites for hydroxylation is 2. The first-order chi connectivity index (χ1) is 12.1. The van der Waals surface area contributed by atoms with Crippen LogP contribution in [0.15, 0.2) is 36.7 Å². The number of hydrogen-bond acceptors (Lipinski definition) is 5. The van der Waals surface area contributed by atoms with Crippen LogP contribution in [-0.4, -0.2) is 34.2 Å². The van der Waals surface area contributed by atoms with Gasteiger partial charge in [0.25, 0.3) is 0 Å². The van der Waals surface area contributed by atoms with Crippen LogP contribution in [0, 0.1) is 13.8 Å². The molecule has 0 saturated carbocycles. The molecule has 6 nitrogen and oxygen atoms in total. The Hall–Kier alpha value is -2.73. The van der Waals surface area contributed by atoms with Crippen molar-refractivity contribution in [2.45, 2.75) is 26.5 Å². The summed E-state index contributed by atoms with van der Waals surface area (Å²) in [5.41, 5.74) is 4.38. The molecule has 0 fully saturated rings. The normalized spacial score (nSPS) is 14.0. The fourth-order valence-electron chi connectivity index (χ4n) is 2.90. The number of benzene rings is 2. The molecule has 1 N–H and O–H groups in total. The van der Waals surface area contributed by atoms with E-state index in [1.54, 1.807) is 24.5 Å². The molecule has 1 aliphatic heterocycles. The van der Waals surface area contributed by atoms with Gasteiger partial charge in [0.1, 0.15) is 18.5 Å². The minimum atomic E-state index is -0.649. The van der Waals surface area contributed by atoms with Crippen LogP contribution in [0.2, 0.25) is 0 Å². The predicted molar refractivity (Wildman–Crippen MR) is 93.3 cm³/mol. The second-order valence-corrected chi connectivity index (χ2v) is 6.30. The summed E-state index contributed by atoms with van der Waals surface area (Å²) in [4.78, 5) is 4.41. The standard InChI is InChI=1S/C19H20N2O4/c1-12-5-16-17(6-13(12)2)21(10-20-16)8-14(22)9-23-15-3-4-18-19(7-15)25-11-24-18/h3-7,10,14,22H,8-9,11H2,1-2H3/t14-/m1/s1. The third-order valence-corrected chi connectivity index (χ3v) is 4.43. The van der Waals surface area contributed by atoms with E-state index in [-0.39, 0.29) is 13.4 Å². The minimum absolute atomic E-state index is 0.185. The first-order valence-electron chi connectivity index (χ1n) is 8.23. The molecule has 4 rings (SSSR count). The molecule has 2 heterocycles. The maximum absolute atomic E-state index is 10.3. The molecule has 0 saturated heterocycles. The topological polar surface area (TPSA) is 65.7 Å². The molecule has 1 aliphatic rings. The Labute approximate surface area is 145 Å². The van der Waals surface area contributed by atoms with Crippen LogP contribution in [0.1, 0.15) is 11.1 Å². The van der Waals surface area contributed by atoms with E-state index in [1.165, 1.54) is 11.1 Å². The highest BCUT2D eigenvalue weighted by Crippen LogP contribution is 2.35.